The predicted molar refractivity (Wildman–Crippen MR) is 146 cm³/mol. The van der Waals surface area contributed by atoms with Gasteiger partial charge in [0.2, 0.25) is 5.95 Å². The number of nitrogens with one attached hydrogen (secondary N) is 1. The number of hydrogen-bond donors (Lipinski definition) is 1. The van der Waals surface area contributed by atoms with Crippen molar-refractivity contribution in [2.24, 2.45) is 0 Å². The summed E-state index contributed by atoms with van der Waals surface area (Å²) in [5.74, 6) is 3.26. The average molecular weight is 651 g/mol. The Morgan fingerprint density at radius 3 is 2.26 bits per heavy atom. The molecule has 3 aromatic rings. The van der Waals surface area contributed by atoms with Crippen molar-refractivity contribution in [1.82, 2.24) is 24.7 Å². The smallest absolute Gasteiger partial charge is 0.239 e. The van der Waals surface area contributed by atoms with Gasteiger partial charge in [0.25, 0.3) is 0 Å². The van der Waals surface area contributed by atoms with Crippen LogP contribution in [0.1, 0.15) is 37.8 Å². The van der Waals surface area contributed by atoms with E-state index in [4.69, 9.17) is 25.8 Å². The molecule has 0 aliphatic heterocycles. The number of hydrogen-bond acceptors (Lipinski definition) is 9. The van der Waals surface area contributed by atoms with Gasteiger partial charge in [0.15, 0.2) is 11.5 Å². The number of benzene rings is 1. The second-order valence-electron chi connectivity index (χ2n) is 7.60. The molecular weight excluding hydrogens is 624 g/mol. The van der Waals surface area contributed by atoms with Crippen LogP contribution in [0.2, 0.25) is 5.02 Å². The summed E-state index contributed by atoms with van der Waals surface area (Å²) in [6.07, 6.45) is 4.65. The molecule has 2 unspecified atom stereocenters. The third-order valence-corrected chi connectivity index (χ3v) is 7.77. The molecule has 1 N–H and O–H groups in total. The van der Waals surface area contributed by atoms with Crippen molar-refractivity contribution >= 4 is 61.4 Å². The fourth-order valence-electron chi connectivity index (χ4n) is 3.33. The van der Waals surface area contributed by atoms with Gasteiger partial charge in [-0.1, -0.05) is 25.4 Å². The lowest BCUT2D eigenvalue weighted by molar-refractivity contribution is 0.194. The Labute approximate surface area is 231 Å². The number of ether oxygens (including phenoxy) is 3. The number of nitrogens with zero attached hydrogens (tertiary/aromatic N) is 5. The van der Waals surface area contributed by atoms with E-state index in [9.17, 15) is 0 Å². The standard InChI is InChI=1S/C22H27Br2ClN6O3S/c1-12(21-26-10-14(25)11-27-21)13(2)35-30-22-29-28-17(7-6-8-32-3)31(22)18-19(33-4)15(23)9-16(24)20(18)34-5/h9-13H,6-8H2,1-5H3,(H,29,30). The first-order chi connectivity index (χ1) is 16.8. The number of aryl methyl sites for hydroxylation is 1. The molecule has 9 nitrogen and oxygen atoms in total. The van der Waals surface area contributed by atoms with E-state index >= 15 is 0 Å². The van der Waals surface area contributed by atoms with E-state index in [0.29, 0.717) is 41.2 Å². The lowest BCUT2D eigenvalue weighted by atomic mass is 10.1. The molecule has 2 aromatic heterocycles. The molecular formula is C22H27Br2ClN6O3S. The summed E-state index contributed by atoms with van der Waals surface area (Å²) >= 11 is 14.6. The minimum atomic E-state index is 0.0615. The Bertz CT molecular complexity index is 1110. The van der Waals surface area contributed by atoms with Crippen molar-refractivity contribution in [2.75, 3.05) is 32.7 Å². The number of methoxy groups -OCH3 is 3. The van der Waals surface area contributed by atoms with Gasteiger partial charge >= 0.3 is 0 Å². The van der Waals surface area contributed by atoms with Gasteiger partial charge in [-0.3, -0.25) is 9.29 Å². The molecule has 13 heteroatoms. The van der Waals surface area contributed by atoms with E-state index in [0.717, 1.165) is 27.0 Å². The van der Waals surface area contributed by atoms with Gasteiger partial charge in [0.05, 0.1) is 28.2 Å². The topological polar surface area (TPSA) is 96.2 Å². The maximum absolute atomic E-state index is 5.94. The normalized spacial score (nSPS) is 12.9. The third kappa shape index (κ3) is 6.59. The molecule has 0 aliphatic carbocycles. The Morgan fingerprint density at radius 1 is 1.06 bits per heavy atom. The molecule has 3 rings (SSSR count). The van der Waals surface area contributed by atoms with Crippen LogP contribution in [0.4, 0.5) is 5.95 Å². The van der Waals surface area contributed by atoms with E-state index in [1.165, 1.54) is 11.9 Å². The predicted octanol–water partition coefficient (Wildman–Crippen LogP) is 6.08. The second-order valence-corrected chi connectivity index (χ2v) is 10.9. The minimum absolute atomic E-state index is 0.0615. The highest BCUT2D eigenvalue weighted by Crippen LogP contribution is 2.45. The molecule has 190 valence electrons. The molecule has 0 spiro atoms. The van der Waals surface area contributed by atoms with Crippen LogP contribution in [-0.2, 0) is 11.2 Å². The molecule has 35 heavy (non-hydrogen) atoms. The van der Waals surface area contributed by atoms with Crippen LogP contribution in [0, 0.1) is 0 Å². The summed E-state index contributed by atoms with van der Waals surface area (Å²) in [6, 6.07) is 1.88. The highest BCUT2D eigenvalue weighted by atomic mass is 79.9. The van der Waals surface area contributed by atoms with Crippen LogP contribution in [0.5, 0.6) is 11.5 Å². The summed E-state index contributed by atoms with van der Waals surface area (Å²) in [6.45, 7) is 4.77. The zero-order valence-corrected chi connectivity index (χ0v) is 24.8. The average Bonchev–Trinajstić information content (AvgIpc) is 3.24. The molecule has 1 aromatic carbocycles. The zero-order valence-electron chi connectivity index (χ0n) is 20.0. The van der Waals surface area contributed by atoms with Gasteiger partial charge in [0, 0.05) is 43.7 Å². The zero-order chi connectivity index (χ0) is 25.5. The summed E-state index contributed by atoms with van der Waals surface area (Å²) in [7, 11) is 4.91. The number of halogens is 3. The Hall–Kier alpha value is -1.60. The summed E-state index contributed by atoms with van der Waals surface area (Å²) < 4.78 is 23.6. The fraction of sp³-hybridized carbons (Fsp3) is 0.455. The highest BCUT2D eigenvalue weighted by Gasteiger charge is 2.26. The van der Waals surface area contributed by atoms with Gasteiger partial charge in [-0.2, -0.15) is 0 Å². The van der Waals surface area contributed by atoms with Crippen LogP contribution >= 0.6 is 55.4 Å². The van der Waals surface area contributed by atoms with E-state index in [2.05, 4.69) is 70.6 Å². The van der Waals surface area contributed by atoms with Crippen LogP contribution < -0.4 is 14.2 Å². The maximum atomic E-state index is 5.94. The van der Waals surface area contributed by atoms with Crippen LogP contribution in [0.15, 0.2) is 27.4 Å². The number of rotatable bonds is 12. The molecule has 2 atom stereocenters. The first kappa shape index (κ1) is 28.0. The monoisotopic (exact) mass is 648 g/mol. The van der Waals surface area contributed by atoms with Crippen LogP contribution in [0.3, 0.4) is 0 Å². The summed E-state index contributed by atoms with van der Waals surface area (Å²) in [4.78, 5) is 8.71. The molecule has 0 aliphatic rings. The van der Waals surface area contributed by atoms with E-state index in [1.54, 1.807) is 33.7 Å². The van der Waals surface area contributed by atoms with Gasteiger partial charge in [-0.05, 0) is 56.3 Å². The molecule has 0 amide bonds. The van der Waals surface area contributed by atoms with Crippen molar-refractivity contribution < 1.29 is 14.2 Å². The van der Waals surface area contributed by atoms with E-state index < -0.39 is 0 Å². The van der Waals surface area contributed by atoms with Gasteiger partial charge in [-0.25, -0.2) is 9.97 Å². The lowest BCUT2D eigenvalue weighted by Crippen LogP contribution is -2.15. The first-order valence-corrected chi connectivity index (χ1v) is 13.6. The Balaban J connectivity index is 1.98. The van der Waals surface area contributed by atoms with Gasteiger partial charge in [0.1, 0.15) is 17.3 Å². The number of aromatic nitrogens is 5. The van der Waals surface area contributed by atoms with Gasteiger partial charge in [-0.15, -0.1) is 10.2 Å². The van der Waals surface area contributed by atoms with Crippen LogP contribution in [-0.4, -0.2) is 57.9 Å². The summed E-state index contributed by atoms with van der Waals surface area (Å²) in [5, 5.41) is 9.53. The molecule has 0 saturated carbocycles. The van der Waals surface area contributed by atoms with Crippen LogP contribution in [0.25, 0.3) is 5.69 Å². The second kappa shape index (κ2) is 13.1. The molecule has 0 bridgehead atoms. The van der Waals surface area contributed by atoms with E-state index in [1.807, 2.05) is 10.6 Å². The molecule has 0 radical (unpaired) electrons. The Kier molecular flexibility index (Phi) is 10.5. The third-order valence-electron chi connectivity index (χ3n) is 5.32. The van der Waals surface area contributed by atoms with Gasteiger partial charge < -0.3 is 14.2 Å². The quantitative estimate of drug-likeness (QED) is 0.185. The highest BCUT2D eigenvalue weighted by molar-refractivity contribution is 9.11. The van der Waals surface area contributed by atoms with Crippen molar-refractivity contribution in [1.29, 1.82) is 0 Å². The summed E-state index contributed by atoms with van der Waals surface area (Å²) in [5.41, 5.74) is 0.679. The fourth-order valence-corrected chi connectivity index (χ4v) is 5.64. The van der Waals surface area contributed by atoms with Crippen molar-refractivity contribution in [3.63, 3.8) is 0 Å². The molecule has 0 fully saturated rings. The number of anilines is 1. The maximum Gasteiger partial charge on any atom is 0.239 e. The van der Waals surface area contributed by atoms with Crippen molar-refractivity contribution in [3.8, 4) is 17.2 Å². The minimum Gasteiger partial charge on any atom is -0.493 e. The largest absolute Gasteiger partial charge is 0.493 e. The molecule has 0 saturated heterocycles. The lowest BCUT2D eigenvalue weighted by Gasteiger charge is -2.21. The Morgan fingerprint density at radius 2 is 1.69 bits per heavy atom. The van der Waals surface area contributed by atoms with Crippen molar-refractivity contribution in [2.45, 2.75) is 37.9 Å². The van der Waals surface area contributed by atoms with E-state index in [-0.39, 0.29) is 11.2 Å². The SMILES string of the molecule is COCCCc1nnc(NSC(C)C(C)c2ncc(Cl)cn2)n1-c1c(OC)c(Br)cc(Br)c1OC. The molecule has 2 heterocycles. The first-order valence-electron chi connectivity index (χ1n) is 10.7. The van der Waals surface area contributed by atoms with Crippen molar-refractivity contribution in [3.05, 3.63) is 44.1 Å².